The van der Waals surface area contributed by atoms with Crippen LogP contribution < -0.4 is 0 Å². The summed E-state index contributed by atoms with van der Waals surface area (Å²) in [5.41, 5.74) is 1.58. The van der Waals surface area contributed by atoms with Gasteiger partial charge in [-0.25, -0.2) is 4.98 Å². The van der Waals surface area contributed by atoms with Crippen LogP contribution in [0.25, 0.3) is 10.9 Å². The van der Waals surface area contributed by atoms with Crippen molar-refractivity contribution in [3.63, 3.8) is 0 Å². The number of phenolic OH excluding ortho intramolecular Hbond substituents is 1. The topological polar surface area (TPSA) is 48.9 Å². The number of aromatic amines is 1. The Balaban J connectivity index is 2.07. The number of hydrogen-bond donors (Lipinski definition) is 2. The third kappa shape index (κ3) is 2.94. The van der Waals surface area contributed by atoms with Crippen LogP contribution in [0.1, 0.15) is 28.2 Å². The van der Waals surface area contributed by atoms with Crippen LogP contribution >= 0.6 is 11.6 Å². The number of nitrogens with zero attached hydrogens (tertiary/aromatic N) is 1. The summed E-state index contributed by atoms with van der Waals surface area (Å²) in [6.45, 7) is 3.29. The van der Waals surface area contributed by atoms with Crippen LogP contribution in [0.5, 0.6) is 5.75 Å². The molecule has 0 radical (unpaired) electrons. The maximum atomic E-state index is 12.9. The summed E-state index contributed by atoms with van der Waals surface area (Å²) in [6.07, 6.45) is -4.22. The minimum absolute atomic E-state index is 0.0898. The molecule has 0 aliphatic rings. The van der Waals surface area contributed by atoms with Gasteiger partial charge in [0.1, 0.15) is 11.4 Å². The predicted molar refractivity (Wildman–Crippen MR) is 86.5 cm³/mol. The van der Waals surface area contributed by atoms with Crippen molar-refractivity contribution in [1.82, 2.24) is 9.97 Å². The zero-order valence-electron chi connectivity index (χ0n) is 12.9. The second kappa shape index (κ2) is 5.70. The van der Waals surface area contributed by atoms with Gasteiger partial charge in [-0.05, 0) is 37.6 Å². The van der Waals surface area contributed by atoms with E-state index in [1.54, 1.807) is 25.1 Å². The summed E-state index contributed by atoms with van der Waals surface area (Å²) in [7, 11) is 0. The molecular weight excluding hydrogens is 341 g/mol. The third-order valence-corrected chi connectivity index (χ3v) is 4.30. The standard InChI is InChI=1S/C17H14ClF3N2O/c1-8-3-4-13(18)12(16(8)24)6-10-5-11-9(2)22-15(17(19,20)21)7-14(11)23-10/h3-5,7,23-24H,6H2,1-2H3. The van der Waals surface area contributed by atoms with Crippen molar-refractivity contribution in [2.24, 2.45) is 0 Å². The number of aromatic hydroxyl groups is 1. The number of H-pyrrole nitrogens is 1. The van der Waals surface area contributed by atoms with Gasteiger partial charge in [0.2, 0.25) is 0 Å². The van der Waals surface area contributed by atoms with Crippen LogP contribution in [-0.4, -0.2) is 15.1 Å². The highest BCUT2D eigenvalue weighted by molar-refractivity contribution is 6.31. The van der Waals surface area contributed by atoms with Gasteiger partial charge in [-0.1, -0.05) is 17.7 Å². The number of fused-ring (bicyclic) bond motifs is 1. The van der Waals surface area contributed by atoms with Crippen LogP contribution in [0.2, 0.25) is 5.02 Å². The Hall–Kier alpha value is -2.21. The Morgan fingerprint density at radius 2 is 1.92 bits per heavy atom. The minimum atomic E-state index is -4.50. The Bertz CT molecular complexity index is 932. The average Bonchev–Trinajstić information content (AvgIpc) is 2.90. The Labute approximate surface area is 141 Å². The van der Waals surface area contributed by atoms with Crippen LogP contribution in [0.3, 0.4) is 0 Å². The Kier molecular flexibility index (Phi) is 3.95. The molecule has 7 heteroatoms. The number of rotatable bonds is 2. The summed E-state index contributed by atoms with van der Waals surface area (Å²) in [5, 5.41) is 11.2. The Morgan fingerprint density at radius 1 is 1.21 bits per heavy atom. The summed E-state index contributed by atoms with van der Waals surface area (Å²) >= 11 is 6.13. The van der Waals surface area contributed by atoms with Crippen molar-refractivity contribution >= 4 is 22.5 Å². The smallest absolute Gasteiger partial charge is 0.433 e. The molecule has 0 bridgehead atoms. The number of aryl methyl sites for hydroxylation is 2. The lowest BCUT2D eigenvalue weighted by Crippen LogP contribution is -2.08. The maximum Gasteiger partial charge on any atom is 0.433 e. The third-order valence-electron chi connectivity index (χ3n) is 3.95. The lowest BCUT2D eigenvalue weighted by atomic mass is 10.0. The van der Waals surface area contributed by atoms with Crippen LogP contribution in [0, 0.1) is 13.8 Å². The van der Waals surface area contributed by atoms with E-state index >= 15 is 0 Å². The van der Waals surface area contributed by atoms with Crippen LogP contribution in [-0.2, 0) is 12.6 Å². The molecule has 0 aliphatic carbocycles. The highest BCUT2D eigenvalue weighted by Crippen LogP contribution is 2.33. The zero-order valence-corrected chi connectivity index (χ0v) is 13.7. The van der Waals surface area contributed by atoms with Gasteiger partial charge in [0, 0.05) is 39.3 Å². The van der Waals surface area contributed by atoms with Crippen LogP contribution in [0.15, 0.2) is 24.3 Å². The molecule has 24 heavy (non-hydrogen) atoms. The van der Waals surface area contributed by atoms with E-state index in [2.05, 4.69) is 9.97 Å². The van der Waals surface area contributed by atoms with Crippen molar-refractivity contribution in [3.05, 3.63) is 57.5 Å². The van der Waals surface area contributed by atoms with E-state index in [1.807, 2.05) is 0 Å². The SMILES string of the molecule is Cc1ccc(Cl)c(Cc2cc3c(C)nc(C(F)(F)F)cc3[nH]2)c1O. The van der Waals surface area contributed by atoms with Gasteiger partial charge in [-0.3, -0.25) is 0 Å². The lowest BCUT2D eigenvalue weighted by molar-refractivity contribution is -0.141. The first-order valence-corrected chi connectivity index (χ1v) is 7.58. The molecule has 2 N–H and O–H groups in total. The van der Waals surface area contributed by atoms with E-state index in [4.69, 9.17) is 11.6 Å². The maximum absolute atomic E-state index is 12.9. The molecule has 126 valence electrons. The molecule has 0 spiro atoms. The highest BCUT2D eigenvalue weighted by atomic mass is 35.5. The lowest BCUT2D eigenvalue weighted by Gasteiger charge is -2.08. The molecule has 2 aromatic heterocycles. The first-order chi connectivity index (χ1) is 11.2. The van der Waals surface area contributed by atoms with Crippen molar-refractivity contribution in [2.45, 2.75) is 26.4 Å². The molecule has 0 saturated carbocycles. The number of phenols is 1. The summed E-state index contributed by atoms with van der Waals surface area (Å²) < 4.78 is 38.6. The highest BCUT2D eigenvalue weighted by Gasteiger charge is 2.33. The van der Waals surface area contributed by atoms with Gasteiger partial charge >= 0.3 is 6.18 Å². The minimum Gasteiger partial charge on any atom is -0.507 e. The monoisotopic (exact) mass is 354 g/mol. The van der Waals surface area contributed by atoms with Crippen molar-refractivity contribution in [2.75, 3.05) is 0 Å². The van der Waals surface area contributed by atoms with Crippen molar-refractivity contribution < 1.29 is 18.3 Å². The van der Waals surface area contributed by atoms with Crippen molar-refractivity contribution in [1.29, 1.82) is 0 Å². The molecule has 3 rings (SSSR count). The molecule has 3 aromatic rings. The number of aromatic nitrogens is 2. The first-order valence-electron chi connectivity index (χ1n) is 7.20. The molecule has 2 heterocycles. The molecular formula is C17H14ClF3N2O. The van der Waals surface area contributed by atoms with Gasteiger partial charge < -0.3 is 10.1 Å². The van der Waals surface area contributed by atoms with Gasteiger partial charge in [0.25, 0.3) is 0 Å². The fourth-order valence-electron chi connectivity index (χ4n) is 2.68. The van der Waals surface area contributed by atoms with E-state index < -0.39 is 11.9 Å². The molecule has 1 aromatic carbocycles. The zero-order chi connectivity index (χ0) is 17.6. The number of pyridine rings is 1. The predicted octanol–water partition coefficient (Wildman–Crippen LogP) is 5.15. The van der Waals surface area contributed by atoms with E-state index in [0.29, 0.717) is 38.4 Å². The van der Waals surface area contributed by atoms with Gasteiger partial charge in [-0.2, -0.15) is 13.2 Å². The fraction of sp³-hybridized carbons (Fsp3) is 0.235. The molecule has 3 nitrogen and oxygen atoms in total. The fourth-order valence-corrected chi connectivity index (χ4v) is 2.90. The molecule has 0 amide bonds. The average molecular weight is 355 g/mol. The number of halogens is 4. The quantitative estimate of drug-likeness (QED) is 0.668. The molecule has 0 fully saturated rings. The van der Waals surface area contributed by atoms with E-state index in [9.17, 15) is 18.3 Å². The largest absolute Gasteiger partial charge is 0.507 e. The number of hydrogen-bond acceptors (Lipinski definition) is 2. The second-order valence-corrected chi connectivity index (χ2v) is 6.12. The molecule has 0 saturated heterocycles. The second-order valence-electron chi connectivity index (χ2n) is 5.71. The molecule has 0 atom stereocenters. The summed E-state index contributed by atoms with van der Waals surface area (Å²) in [5.74, 6) is 0.0898. The number of alkyl halides is 3. The van der Waals surface area contributed by atoms with Gasteiger partial charge in [0.15, 0.2) is 0 Å². The van der Waals surface area contributed by atoms with Gasteiger partial charge in [0.05, 0.1) is 0 Å². The number of benzene rings is 1. The summed E-state index contributed by atoms with van der Waals surface area (Å²) in [6, 6.07) is 6.11. The number of nitrogens with one attached hydrogen (secondary N) is 1. The van der Waals surface area contributed by atoms with Crippen LogP contribution in [0.4, 0.5) is 13.2 Å². The first kappa shape index (κ1) is 16.6. The molecule has 0 unspecified atom stereocenters. The van der Waals surface area contributed by atoms with Crippen molar-refractivity contribution in [3.8, 4) is 5.75 Å². The van der Waals surface area contributed by atoms with E-state index in [1.165, 1.54) is 6.92 Å². The van der Waals surface area contributed by atoms with E-state index in [-0.39, 0.29) is 12.2 Å². The normalized spacial score (nSPS) is 12.1. The van der Waals surface area contributed by atoms with Gasteiger partial charge in [-0.15, -0.1) is 0 Å². The Morgan fingerprint density at radius 3 is 2.58 bits per heavy atom. The molecule has 0 aliphatic heterocycles. The summed E-state index contributed by atoms with van der Waals surface area (Å²) in [4.78, 5) is 6.58. The van der Waals surface area contributed by atoms with E-state index in [0.717, 1.165) is 6.07 Å².